The molecule has 1 aliphatic rings. The predicted molar refractivity (Wildman–Crippen MR) is 65.3 cm³/mol. The minimum absolute atomic E-state index is 0.454. The fourth-order valence-corrected chi connectivity index (χ4v) is 2.45. The van der Waals surface area contributed by atoms with Crippen LogP contribution in [0.15, 0.2) is 30.6 Å². The number of hydrogen-bond donors (Lipinski definition) is 1. The van der Waals surface area contributed by atoms with Crippen LogP contribution in [0.5, 0.6) is 0 Å². The maximum atomic E-state index is 4.27. The quantitative estimate of drug-likeness (QED) is 0.867. The van der Waals surface area contributed by atoms with Crippen LogP contribution in [-0.4, -0.2) is 14.8 Å². The second-order valence-corrected chi connectivity index (χ2v) is 4.51. The lowest BCUT2D eigenvalue weighted by molar-refractivity contribution is 0.517. The number of rotatable bonds is 3. The molecular weight excluding hydrogens is 212 g/mol. The van der Waals surface area contributed by atoms with Crippen LogP contribution >= 0.6 is 0 Å². The first-order valence-corrected chi connectivity index (χ1v) is 5.98. The molecule has 17 heavy (non-hydrogen) atoms. The molecule has 0 saturated heterocycles. The normalized spacial score (nSPS) is 18.3. The topological polar surface area (TPSA) is 42.7 Å². The summed E-state index contributed by atoms with van der Waals surface area (Å²) in [6.07, 6.45) is 4.08. The van der Waals surface area contributed by atoms with E-state index in [4.69, 9.17) is 0 Å². The van der Waals surface area contributed by atoms with E-state index in [1.807, 2.05) is 7.05 Å². The van der Waals surface area contributed by atoms with Crippen molar-refractivity contribution in [3.05, 3.63) is 47.5 Å². The number of nitrogens with one attached hydrogen (secondary N) is 1. The van der Waals surface area contributed by atoms with E-state index in [2.05, 4.69) is 39.7 Å². The summed E-state index contributed by atoms with van der Waals surface area (Å²) >= 11 is 0. The Bertz CT molecular complexity index is 518. The molecule has 1 N–H and O–H groups in total. The number of aryl methyl sites for hydroxylation is 2. The third kappa shape index (κ3) is 2.08. The molecule has 1 aromatic carbocycles. The molecule has 2 aromatic rings. The molecule has 1 heterocycles. The minimum Gasteiger partial charge on any atom is -0.303 e. The summed E-state index contributed by atoms with van der Waals surface area (Å²) in [6.45, 7) is 0.736. The summed E-state index contributed by atoms with van der Waals surface area (Å²) in [5, 5.41) is 7.80. The molecule has 1 atom stereocenters. The second kappa shape index (κ2) is 4.30. The number of fused-ring (bicyclic) bond motifs is 1. The van der Waals surface area contributed by atoms with Crippen LogP contribution in [0.2, 0.25) is 0 Å². The van der Waals surface area contributed by atoms with Crippen molar-refractivity contribution in [2.75, 3.05) is 0 Å². The van der Waals surface area contributed by atoms with Gasteiger partial charge in [-0.05, 0) is 24.0 Å². The lowest BCUT2D eigenvalue weighted by atomic mass is 10.1. The van der Waals surface area contributed by atoms with E-state index >= 15 is 0 Å². The van der Waals surface area contributed by atoms with Gasteiger partial charge in [0, 0.05) is 13.1 Å². The maximum Gasteiger partial charge on any atom is 0.164 e. The highest BCUT2D eigenvalue weighted by Crippen LogP contribution is 2.30. The van der Waals surface area contributed by atoms with Gasteiger partial charge in [0.15, 0.2) is 5.82 Å². The zero-order chi connectivity index (χ0) is 11.7. The van der Waals surface area contributed by atoms with Crippen LogP contribution in [0, 0.1) is 0 Å². The Morgan fingerprint density at radius 1 is 1.41 bits per heavy atom. The van der Waals surface area contributed by atoms with Crippen LogP contribution in [0.25, 0.3) is 0 Å². The van der Waals surface area contributed by atoms with Crippen LogP contribution < -0.4 is 5.32 Å². The lowest BCUT2D eigenvalue weighted by Gasteiger charge is -2.12. The summed E-state index contributed by atoms with van der Waals surface area (Å²) in [6, 6.07) is 9.11. The Morgan fingerprint density at radius 2 is 2.29 bits per heavy atom. The van der Waals surface area contributed by atoms with Crippen LogP contribution in [0.1, 0.15) is 29.4 Å². The maximum absolute atomic E-state index is 4.27. The monoisotopic (exact) mass is 228 g/mol. The van der Waals surface area contributed by atoms with Gasteiger partial charge in [0.1, 0.15) is 6.33 Å². The highest BCUT2D eigenvalue weighted by atomic mass is 15.3. The SMILES string of the molecule is Cn1cnc(CNC2CCc3ccccc32)n1. The van der Waals surface area contributed by atoms with E-state index in [9.17, 15) is 0 Å². The van der Waals surface area contributed by atoms with Gasteiger partial charge in [0.2, 0.25) is 0 Å². The molecule has 1 aliphatic carbocycles. The highest BCUT2D eigenvalue weighted by Gasteiger charge is 2.21. The van der Waals surface area contributed by atoms with E-state index in [0.717, 1.165) is 12.4 Å². The third-order valence-electron chi connectivity index (χ3n) is 3.29. The van der Waals surface area contributed by atoms with Crippen molar-refractivity contribution in [1.82, 2.24) is 20.1 Å². The van der Waals surface area contributed by atoms with Gasteiger partial charge < -0.3 is 5.32 Å². The molecule has 0 aliphatic heterocycles. The molecule has 0 radical (unpaired) electrons. The summed E-state index contributed by atoms with van der Waals surface area (Å²) in [4.78, 5) is 4.22. The Kier molecular flexibility index (Phi) is 2.65. The van der Waals surface area contributed by atoms with Crippen molar-refractivity contribution in [1.29, 1.82) is 0 Å². The lowest BCUT2D eigenvalue weighted by Crippen LogP contribution is -2.19. The molecule has 1 aromatic heterocycles. The zero-order valence-electron chi connectivity index (χ0n) is 9.93. The standard InChI is InChI=1S/C13H16N4/c1-17-9-15-13(16-17)8-14-12-7-6-10-4-2-3-5-11(10)12/h2-5,9,12,14H,6-8H2,1H3. The molecule has 0 saturated carbocycles. The molecule has 3 rings (SSSR count). The Balaban J connectivity index is 1.68. The fourth-order valence-electron chi connectivity index (χ4n) is 2.45. The molecule has 4 heteroatoms. The van der Waals surface area contributed by atoms with Crippen molar-refractivity contribution >= 4 is 0 Å². The van der Waals surface area contributed by atoms with Crippen molar-refractivity contribution in [3.8, 4) is 0 Å². The van der Waals surface area contributed by atoms with Gasteiger partial charge in [-0.15, -0.1) is 0 Å². The summed E-state index contributed by atoms with van der Waals surface area (Å²) in [5.41, 5.74) is 2.91. The Hall–Kier alpha value is -1.68. The number of nitrogens with zero attached hydrogens (tertiary/aromatic N) is 3. The van der Waals surface area contributed by atoms with Gasteiger partial charge in [0.05, 0.1) is 6.54 Å². The molecule has 0 bridgehead atoms. The first kappa shape index (κ1) is 10.5. The Morgan fingerprint density at radius 3 is 3.12 bits per heavy atom. The largest absolute Gasteiger partial charge is 0.303 e. The minimum atomic E-state index is 0.454. The zero-order valence-corrected chi connectivity index (χ0v) is 9.93. The van der Waals surface area contributed by atoms with Crippen molar-refractivity contribution < 1.29 is 0 Å². The first-order chi connectivity index (χ1) is 8.33. The van der Waals surface area contributed by atoms with Crippen molar-refractivity contribution in [3.63, 3.8) is 0 Å². The van der Waals surface area contributed by atoms with E-state index < -0.39 is 0 Å². The van der Waals surface area contributed by atoms with Crippen molar-refractivity contribution in [2.24, 2.45) is 7.05 Å². The van der Waals surface area contributed by atoms with Gasteiger partial charge in [0.25, 0.3) is 0 Å². The second-order valence-electron chi connectivity index (χ2n) is 4.51. The molecule has 4 nitrogen and oxygen atoms in total. The molecule has 0 spiro atoms. The summed E-state index contributed by atoms with van der Waals surface area (Å²) in [7, 11) is 1.89. The summed E-state index contributed by atoms with van der Waals surface area (Å²) < 4.78 is 1.74. The molecule has 1 unspecified atom stereocenters. The fraction of sp³-hybridized carbons (Fsp3) is 0.385. The van der Waals surface area contributed by atoms with Crippen LogP contribution in [0.3, 0.4) is 0 Å². The van der Waals surface area contributed by atoms with Gasteiger partial charge in [-0.3, -0.25) is 4.68 Å². The molecular formula is C13H16N4. The number of hydrogen-bond acceptors (Lipinski definition) is 3. The molecule has 0 fully saturated rings. The van der Waals surface area contributed by atoms with E-state index in [0.29, 0.717) is 6.04 Å². The summed E-state index contributed by atoms with van der Waals surface area (Å²) in [5.74, 6) is 0.858. The van der Waals surface area contributed by atoms with E-state index in [1.54, 1.807) is 11.0 Å². The van der Waals surface area contributed by atoms with E-state index in [1.165, 1.54) is 24.0 Å². The highest BCUT2D eigenvalue weighted by molar-refractivity contribution is 5.34. The smallest absolute Gasteiger partial charge is 0.164 e. The average molecular weight is 228 g/mol. The van der Waals surface area contributed by atoms with Gasteiger partial charge in [-0.1, -0.05) is 24.3 Å². The molecule has 0 amide bonds. The van der Waals surface area contributed by atoms with Crippen molar-refractivity contribution in [2.45, 2.75) is 25.4 Å². The third-order valence-corrected chi connectivity index (χ3v) is 3.29. The van der Waals surface area contributed by atoms with Crippen LogP contribution in [0.4, 0.5) is 0 Å². The van der Waals surface area contributed by atoms with Gasteiger partial charge in [-0.2, -0.15) is 5.10 Å². The first-order valence-electron chi connectivity index (χ1n) is 5.98. The number of aromatic nitrogens is 3. The molecule has 88 valence electrons. The van der Waals surface area contributed by atoms with Gasteiger partial charge >= 0.3 is 0 Å². The average Bonchev–Trinajstić information content (AvgIpc) is 2.93. The van der Waals surface area contributed by atoms with E-state index in [-0.39, 0.29) is 0 Å². The van der Waals surface area contributed by atoms with Crippen LogP contribution in [-0.2, 0) is 20.0 Å². The predicted octanol–water partition coefficient (Wildman–Crippen LogP) is 1.59. The Labute approximate surface area is 101 Å². The number of benzene rings is 1. The van der Waals surface area contributed by atoms with Gasteiger partial charge in [-0.25, -0.2) is 4.98 Å².